The molecule has 10 aromatic rings. The minimum absolute atomic E-state index is 1.09. The Morgan fingerprint density at radius 2 is 0.614 bits per heavy atom. The summed E-state index contributed by atoms with van der Waals surface area (Å²) in [4.78, 5) is 2.41. The van der Waals surface area contributed by atoms with Crippen LogP contribution in [0.1, 0.15) is 0 Å². The standard InChI is InChI=1S/C56H39N/c1-2-16-45(17-3-1)51-20-8-9-21-52(51)53-22-10-11-23-54(53)55-24-12-13-25-56(55)57(50-37-34-41-15-5-7-19-47(41)39-50)49-35-32-43(33-36-49)42-26-28-44(29-27-42)48-31-30-40-14-4-6-18-46(40)38-48/h1-39H. The lowest BCUT2D eigenvalue weighted by atomic mass is 9.88. The summed E-state index contributed by atoms with van der Waals surface area (Å²) in [7, 11) is 0. The van der Waals surface area contributed by atoms with Gasteiger partial charge >= 0.3 is 0 Å². The van der Waals surface area contributed by atoms with Crippen molar-refractivity contribution >= 4 is 38.6 Å². The number of hydrogen-bond donors (Lipinski definition) is 0. The lowest BCUT2D eigenvalue weighted by molar-refractivity contribution is 1.29. The van der Waals surface area contributed by atoms with Crippen molar-refractivity contribution < 1.29 is 0 Å². The predicted octanol–water partition coefficient (Wildman–Crippen LogP) is 15.8. The van der Waals surface area contributed by atoms with Crippen LogP contribution in [0.4, 0.5) is 17.1 Å². The molecule has 0 aliphatic carbocycles. The Labute approximate surface area is 334 Å². The third-order valence-corrected chi connectivity index (χ3v) is 11.1. The van der Waals surface area contributed by atoms with Crippen molar-refractivity contribution in [3.63, 3.8) is 0 Å². The molecule has 0 aliphatic rings. The number of para-hydroxylation sites is 1. The Kier molecular flexibility index (Phi) is 8.95. The van der Waals surface area contributed by atoms with Crippen molar-refractivity contribution in [1.29, 1.82) is 0 Å². The molecule has 0 amide bonds. The number of nitrogens with zero attached hydrogens (tertiary/aromatic N) is 1. The summed E-state index contributed by atoms with van der Waals surface area (Å²) in [5.41, 5.74) is 15.3. The van der Waals surface area contributed by atoms with Crippen molar-refractivity contribution in [3.05, 3.63) is 237 Å². The number of anilines is 3. The molecule has 0 fully saturated rings. The average Bonchev–Trinajstić information content (AvgIpc) is 3.30. The van der Waals surface area contributed by atoms with Gasteiger partial charge < -0.3 is 4.90 Å². The molecule has 10 rings (SSSR count). The van der Waals surface area contributed by atoms with Gasteiger partial charge in [-0.2, -0.15) is 0 Å². The maximum absolute atomic E-state index is 2.41. The zero-order valence-corrected chi connectivity index (χ0v) is 31.5. The summed E-state index contributed by atoms with van der Waals surface area (Å²) in [5.74, 6) is 0. The largest absolute Gasteiger partial charge is 0.310 e. The molecule has 0 bridgehead atoms. The van der Waals surface area contributed by atoms with Gasteiger partial charge in [0.2, 0.25) is 0 Å². The highest BCUT2D eigenvalue weighted by Gasteiger charge is 2.20. The second kappa shape index (κ2) is 15.0. The second-order valence-corrected chi connectivity index (χ2v) is 14.5. The third kappa shape index (κ3) is 6.66. The van der Waals surface area contributed by atoms with Crippen LogP contribution >= 0.6 is 0 Å². The normalized spacial score (nSPS) is 11.2. The molecule has 10 aromatic carbocycles. The molecule has 0 spiro atoms. The SMILES string of the molecule is c1ccc(-c2ccccc2-c2ccccc2-c2ccccc2N(c2ccc(-c3ccc(-c4ccc5ccccc5c4)cc3)cc2)c2ccc3ccccc3c2)cc1. The number of rotatable bonds is 8. The van der Waals surface area contributed by atoms with E-state index in [0.717, 1.165) is 22.6 Å². The van der Waals surface area contributed by atoms with Gasteiger partial charge in [-0.05, 0) is 108 Å². The Hall–Kier alpha value is -7.48. The van der Waals surface area contributed by atoms with Gasteiger partial charge in [0, 0.05) is 16.9 Å². The van der Waals surface area contributed by atoms with E-state index in [1.165, 1.54) is 71.6 Å². The minimum atomic E-state index is 1.09. The van der Waals surface area contributed by atoms with E-state index in [0.29, 0.717) is 0 Å². The van der Waals surface area contributed by atoms with Gasteiger partial charge in [-0.25, -0.2) is 0 Å². The molecule has 0 aliphatic heterocycles. The fourth-order valence-corrected chi connectivity index (χ4v) is 8.21. The molecule has 0 atom stereocenters. The van der Waals surface area contributed by atoms with Gasteiger partial charge in [-0.15, -0.1) is 0 Å². The molecule has 0 radical (unpaired) electrons. The fourth-order valence-electron chi connectivity index (χ4n) is 8.21. The Morgan fingerprint density at radius 1 is 0.211 bits per heavy atom. The van der Waals surface area contributed by atoms with Crippen LogP contribution in [0.5, 0.6) is 0 Å². The molecule has 1 heteroatoms. The molecule has 0 heterocycles. The Bertz CT molecular complexity index is 3000. The smallest absolute Gasteiger partial charge is 0.0540 e. The first-order valence-corrected chi connectivity index (χ1v) is 19.6. The quantitative estimate of drug-likeness (QED) is 0.151. The van der Waals surface area contributed by atoms with Gasteiger partial charge in [-0.3, -0.25) is 0 Å². The summed E-state index contributed by atoms with van der Waals surface area (Å²) in [6.45, 7) is 0. The molecule has 268 valence electrons. The van der Waals surface area contributed by atoms with Gasteiger partial charge in [0.1, 0.15) is 0 Å². The van der Waals surface area contributed by atoms with Crippen LogP contribution in [0.2, 0.25) is 0 Å². The highest BCUT2D eigenvalue weighted by molar-refractivity contribution is 5.98. The van der Waals surface area contributed by atoms with E-state index in [-0.39, 0.29) is 0 Å². The molecular formula is C56H39N. The van der Waals surface area contributed by atoms with Crippen molar-refractivity contribution in [2.75, 3.05) is 4.90 Å². The first-order valence-electron chi connectivity index (χ1n) is 19.6. The van der Waals surface area contributed by atoms with Crippen LogP contribution in [0.15, 0.2) is 237 Å². The van der Waals surface area contributed by atoms with Crippen LogP contribution < -0.4 is 4.90 Å². The Morgan fingerprint density at radius 3 is 1.26 bits per heavy atom. The number of hydrogen-bond acceptors (Lipinski definition) is 1. The van der Waals surface area contributed by atoms with Gasteiger partial charge in [0.05, 0.1) is 5.69 Å². The molecule has 57 heavy (non-hydrogen) atoms. The zero-order chi connectivity index (χ0) is 38.0. The predicted molar refractivity (Wildman–Crippen MR) is 243 cm³/mol. The summed E-state index contributed by atoms with van der Waals surface area (Å²) in [5, 5.41) is 4.95. The average molecular weight is 726 g/mol. The van der Waals surface area contributed by atoms with Crippen molar-refractivity contribution in [2.24, 2.45) is 0 Å². The zero-order valence-electron chi connectivity index (χ0n) is 31.5. The van der Waals surface area contributed by atoms with E-state index in [1.807, 2.05) is 0 Å². The summed E-state index contributed by atoms with van der Waals surface area (Å²) in [6.07, 6.45) is 0. The molecule has 0 N–H and O–H groups in total. The van der Waals surface area contributed by atoms with Crippen LogP contribution in [-0.2, 0) is 0 Å². The molecule has 1 nitrogen and oxygen atoms in total. The molecular weight excluding hydrogens is 687 g/mol. The van der Waals surface area contributed by atoms with E-state index < -0.39 is 0 Å². The fraction of sp³-hybridized carbons (Fsp3) is 0. The first-order chi connectivity index (χ1) is 28.3. The van der Waals surface area contributed by atoms with Gasteiger partial charge in [0.25, 0.3) is 0 Å². The van der Waals surface area contributed by atoms with E-state index in [9.17, 15) is 0 Å². The minimum Gasteiger partial charge on any atom is -0.310 e. The lowest BCUT2D eigenvalue weighted by Crippen LogP contribution is -2.11. The lowest BCUT2D eigenvalue weighted by Gasteiger charge is -2.29. The monoisotopic (exact) mass is 725 g/mol. The van der Waals surface area contributed by atoms with Crippen molar-refractivity contribution in [2.45, 2.75) is 0 Å². The third-order valence-electron chi connectivity index (χ3n) is 11.1. The van der Waals surface area contributed by atoms with Crippen LogP contribution in [0.25, 0.3) is 77.2 Å². The highest BCUT2D eigenvalue weighted by Crippen LogP contribution is 2.45. The maximum Gasteiger partial charge on any atom is 0.0540 e. The van der Waals surface area contributed by atoms with E-state index in [4.69, 9.17) is 0 Å². The van der Waals surface area contributed by atoms with E-state index in [1.54, 1.807) is 0 Å². The molecule has 0 saturated heterocycles. The number of fused-ring (bicyclic) bond motifs is 2. The topological polar surface area (TPSA) is 3.24 Å². The van der Waals surface area contributed by atoms with Gasteiger partial charge in [-0.1, -0.05) is 200 Å². The van der Waals surface area contributed by atoms with Crippen LogP contribution in [0.3, 0.4) is 0 Å². The molecule has 0 unspecified atom stereocenters. The first kappa shape index (κ1) is 34.0. The van der Waals surface area contributed by atoms with Crippen LogP contribution in [-0.4, -0.2) is 0 Å². The van der Waals surface area contributed by atoms with E-state index in [2.05, 4.69) is 241 Å². The number of benzene rings is 10. The van der Waals surface area contributed by atoms with Crippen LogP contribution in [0, 0.1) is 0 Å². The Balaban J connectivity index is 1.07. The van der Waals surface area contributed by atoms with E-state index >= 15 is 0 Å². The molecule has 0 aromatic heterocycles. The maximum atomic E-state index is 2.41. The van der Waals surface area contributed by atoms with Gasteiger partial charge in [0.15, 0.2) is 0 Å². The van der Waals surface area contributed by atoms with Crippen molar-refractivity contribution in [3.8, 4) is 55.6 Å². The summed E-state index contributed by atoms with van der Waals surface area (Å²) in [6, 6.07) is 85.7. The highest BCUT2D eigenvalue weighted by atomic mass is 15.1. The molecule has 0 saturated carbocycles. The van der Waals surface area contributed by atoms with Crippen molar-refractivity contribution in [1.82, 2.24) is 0 Å². The summed E-state index contributed by atoms with van der Waals surface area (Å²) >= 11 is 0. The summed E-state index contributed by atoms with van der Waals surface area (Å²) < 4.78 is 0. The second-order valence-electron chi connectivity index (χ2n) is 14.5.